The van der Waals surface area contributed by atoms with Crippen LogP contribution >= 0.6 is 0 Å². The van der Waals surface area contributed by atoms with E-state index in [4.69, 9.17) is 9.47 Å². The molecule has 1 aliphatic rings. The lowest BCUT2D eigenvalue weighted by atomic mass is 10.0. The lowest BCUT2D eigenvalue weighted by molar-refractivity contribution is -0.133. The number of hydrogen-bond donors (Lipinski definition) is 0. The number of methoxy groups -OCH3 is 1. The maximum Gasteiger partial charge on any atom is 0.227 e. The number of carbonyl (C=O) groups is 1. The van der Waals surface area contributed by atoms with Crippen molar-refractivity contribution in [2.24, 2.45) is 0 Å². The van der Waals surface area contributed by atoms with Crippen LogP contribution in [-0.2, 0) is 17.8 Å². The lowest BCUT2D eigenvalue weighted by Gasteiger charge is -2.26. The Morgan fingerprint density at radius 2 is 2.07 bits per heavy atom. The summed E-state index contributed by atoms with van der Waals surface area (Å²) >= 11 is 0. The molecule has 0 saturated carbocycles. The molecule has 5 heteroatoms. The molecule has 0 radical (unpaired) electrons. The molecular formula is C24H24N2O3. The monoisotopic (exact) mass is 388 g/mol. The minimum Gasteiger partial charge on any atom is -0.497 e. The van der Waals surface area contributed by atoms with Gasteiger partial charge in [-0.1, -0.05) is 24.3 Å². The van der Waals surface area contributed by atoms with Gasteiger partial charge in [-0.25, -0.2) is 0 Å². The average Bonchev–Trinajstić information content (AvgIpc) is 2.93. The molecule has 0 bridgehead atoms. The normalized spacial score (nSPS) is 15.8. The first-order chi connectivity index (χ1) is 14.1. The summed E-state index contributed by atoms with van der Waals surface area (Å²) in [4.78, 5) is 19.2. The van der Waals surface area contributed by atoms with Crippen LogP contribution in [-0.4, -0.2) is 35.5 Å². The Bertz CT molecular complexity index is 1000. The van der Waals surface area contributed by atoms with E-state index < -0.39 is 0 Å². The topological polar surface area (TPSA) is 51.7 Å². The van der Waals surface area contributed by atoms with Crippen molar-refractivity contribution in [3.05, 3.63) is 78.1 Å². The van der Waals surface area contributed by atoms with E-state index in [0.29, 0.717) is 19.6 Å². The molecular weight excluding hydrogens is 364 g/mol. The SMILES string of the molecule is COc1cccc(CC(=O)N2Cc3cc(-c4cccnc4)ccc3OCC2C)c1. The van der Waals surface area contributed by atoms with Crippen LogP contribution in [0.4, 0.5) is 0 Å². The maximum atomic E-state index is 13.1. The van der Waals surface area contributed by atoms with Gasteiger partial charge >= 0.3 is 0 Å². The number of hydrogen-bond acceptors (Lipinski definition) is 4. The first-order valence-electron chi connectivity index (χ1n) is 9.72. The number of benzene rings is 2. The summed E-state index contributed by atoms with van der Waals surface area (Å²) in [5.74, 6) is 1.67. The summed E-state index contributed by atoms with van der Waals surface area (Å²) in [6, 6.07) is 17.7. The molecule has 148 valence electrons. The van der Waals surface area contributed by atoms with Crippen molar-refractivity contribution in [2.75, 3.05) is 13.7 Å². The van der Waals surface area contributed by atoms with Crippen LogP contribution in [0, 0.1) is 0 Å². The van der Waals surface area contributed by atoms with Gasteiger partial charge < -0.3 is 14.4 Å². The Morgan fingerprint density at radius 1 is 1.17 bits per heavy atom. The average molecular weight is 388 g/mol. The van der Waals surface area contributed by atoms with E-state index in [1.807, 2.05) is 66.6 Å². The fourth-order valence-electron chi connectivity index (χ4n) is 3.59. The molecule has 1 aromatic heterocycles. The van der Waals surface area contributed by atoms with Crippen LogP contribution < -0.4 is 9.47 Å². The smallest absolute Gasteiger partial charge is 0.227 e. The van der Waals surface area contributed by atoms with Crippen molar-refractivity contribution >= 4 is 5.91 Å². The number of pyridine rings is 1. The molecule has 1 aliphatic heterocycles. The number of rotatable bonds is 4. The van der Waals surface area contributed by atoms with Crippen LogP contribution in [0.2, 0.25) is 0 Å². The van der Waals surface area contributed by atoms with Gasteiger partial charge in [0, 0.05) is 30.1 Å². The Balaban J connectivity index is 1.58. The summed E-state index contributed by atoms with van der Waals surface area (Å²) in [6.45, 7) is 3.02. The van der Waals surface area contributed by atoms with E-state index in [0.717, 1.165) is 33.8 Å². The van der Waals surface area contributed by atoms with Gasteiger partial charge in [-0.2, -0.15) is 0 Å². The van der Waals surface area contributed by atoms with Crippen LogP contribution in [0.5, 0.6) is 11.5 Å². The van der Waals surface area contributed by atoms with Crippen molar-refractivity contribution in [1.82, 2.24) is 9.88 Å². The summed E-state index contributed by atoms with van der Waals surface area (Å²) in [6.07, 6.45) is 3.93. The third-order valence-corrected chi connectivity index (χ3v) is 5.22. The van der Waals surface area contributed by atoms with Gasteiger partial charge in [0.05, 0.1) is 19.6 Å². The second-order valence-corrected chi connectivity index (χ2v) is 7.27. The molecule has 29 heavy (non-hydrogen) atoms. The molecule has 0 saturated heterocycles. The Kier molecular flexibility index (Phi) is 5.47. The second kappa shape index (κ2) is 8.35. The fourth-order valence-corrected chi connectivity index (χ4v) is 3.59. The predicted molar refractivity (Wildman–Crippen MR) is 112 cm³/mol. The van der Waals surface area contributed by atoms with Crippen LogP contribution in [0.15, 0.2) is 67.0 Å². The highest BCUT2D eigenvalue weighted by Gasteiger charge is 2.26. The van der Waals surface area contributed by atoms with E-state index >= 15 is 0 Å². The summed E-state index contributed by atoms with van der Waals surface area (Å²) in [7, 11) is 1.63. The summed E-state index contributed by atoms with van der Waals surface area (Å²) in [5.41, 5.74) is 4.06. The number of nitrogens with zero attached hydrogens (tertiary/aromatic N) is 2. The molecule has 1 unspecified atom stereocenters. The zero-order chi connectivity index (χ0) is 20.2. The number of amides is 1. The van der Waals surface area contributed by atoms with E-state index in [1.54, 1.807) is 13.3 Å². The van der Waals surface area contributed by atoms with Gasteiger partial charge in [0.2, 0.25) is 5.91 Å². The van der Waals surface area contributed by atoms with Crippen molar-refractivity contribution in [3.8, 4) is 22.6 Å². The van der Waals surface area contributed by atoms with Gasteiger partial charge in [-0.05, 0) is 48.4 Å². The molecule has 0 N–H and O–H groups in total. The molecule has 5 nitrogen and oxygen atoms in total. The van der Waals surface area contributed by atoms with Crippen LogP contribution in [0.1, 0.15) is 18.1 Å². The van der Waals surface area contributed by atoms with Crippen LogP contribution in [0.25, 0.3) is 11.1 Å². The third kappa shape index (κ3) is 4.24. The molecule has 0 spiro atoms. The van der Waals surface area contributed by atoms with Crippen molar-refractivity contribution in [1.29, 1.82) is 0 Å². The lowest BCUT2D eigenvalue weighted by Crippen LogP contribution is -2.40. The molecule has 0 fully saturated rings. The second-order valence-electron chi connectivity index (χ2n) is 7.27. The largest absolute Gasteiger partial charge is 0.497 e. The van der Waals surface area contributed by atoms with Gasteiger partial charge in [0.15, 0.2) is 0 Å². The molecule has 2 heterocycles. The molecule has 1 amide bonds. The van der Waals surface area contributed by atoms with Gasteiger partial charge in [0.1, 0.15) is 18.1 Å². The van der Waals surface area contributed by atoms with E-state index in [9.17, 15) is 4.79 Å². The van der Waals surface area contributed by atoms with Crippen LogP contribution in [0.3, 0.4) is 0 Å². The first kappa shape index (κ1) is 19.0. The molecule has 4 rings (SSSR count). The Hall–Kier alpha value is -3.34. The third-order valence-electron chi connectivity index (χ3n) is 5.22. The minimum atomic E-state index is -0.0117. The van der Waals surface area contributed by atoms with E-state index in [-0.39, 0.29) is 11.9 Å². The van der Waals surface area contributed by atoms with Gasteiger partial charge in [-0.3, -0.25) is 9.78 Å². The molecule has 2 aromatic carbocycles. The number of carbonyl (C=O) groups excluding carboxylic acids is 1. The van der Waals surface area contributed by atoms with E-state index in [1.165, 1.54) is 0 Å². The van der Waals surface area contributed by atoms with Gasteiger partial charge in [-0.15, -0.1) is 0 Å². The van der Waals surface area contributed by atoms with Crippen molar-refractivity contribution in [3.63, 3.8) is 0 Å². The van der Waals surface area contributed by atoms with Crippen molar-refractivity contribution in [2.45, 2.75) is 25.9 Å². The highest BCUT2D eigenvalue weighted by atomic mass is 16.5. The molecule has 3 aromatic rings. The minimum absolute atomic E-state index is 0.0117. The predicted octanol–water partition coefficient (Wildman–Crippen LogP) is 4.11. The summed E-state index contributed by atoms with van der Waals surface area (Å²) < 4.78 is 11.3. The van der Waals surface area contributed by atoms with Gasteiger partial charge in [0.25, 0.3) is 0 Å². The van der Waals surface area contributed by atoms with E-state index in [2.05, 4.69) is 11.1 Å². The standard InChI is InChI=1S/C24H24N2O3/c1-17-16-29-23-9-8-19(20-6-4-10-25-14-20)13-21(23)15-26(17)24(27)12-18-5-3-7-22(11-18)28-2/h3-11,13-14,17H,12,15-16H2,1-2H3. The first-order valence-corrected chi connectivity index (χ1v) is 9.72. The quantitative estimate of drug-likeness (QED) is 0.675. The highest BCUT2D eigenvalue weighted by Crippen LogP contribution is 2.30. The Labute approximate surface area is 170 Å². The number of fused-ring (bicyclic) bond motifs is 1. The summed E-state index contributed by atoms with van der Waals surface area (Å²) in [5, 5.41) is 0. The zero-order valence-electron chi connectivity index (χ0n) is 16.7. The Morgan fingerprint density at radius 3 is 2.86 bits per heavy atom. The zero-order valence-corrected chi connectivity index (χ0v) is 16.7. The fraction of sp³-hybridized carbons (Fsp3) is 0.250. The molecule has 0 aliphatic carbocycles. The number of aromatic nitrogens is 1. The number of ether oxygens (including phenoxy) is 2. The van der Waals surface area contributed by atoms with Crippen molar-refractivity contribution < 1.29 is 14.3 Å². The highest BCUT2D eigenvalue weighted by molar-refractivity contribution is 5.79. The molecule has 1 atom stereocenters. The maximum absolute atomic E-state index is 13.1.